The molecule has 0 unspecified atom stereocenters. The van der Waals surface area contributed by atoms with Gasteiger partial charge in [0.2, 0.25) is 0 Å². The summed E-state index contributed by atoms with van der Waals surface area (Å²) in [5.74, 6) is -0.999. The molecular formula is C11H16O3. The van der Waals surface area contributed by atoms with Crippen molar-refractivity contribution in [3.8, 4) is 0 Å². The summed E-state index contributed by atoms with van der Waals surface area (Å²) in [5, 5.41) is 18.6. The molecule has 0 saturated carbocycles. The van der Waals surface area contributed by atoms with Gasteiger partial charge in [0.1, 0.15) is 0 Å². The molecule has 0 aliphatic rings. The van der Waals surface area contributed by atoms with Crippen LogP contribution in [0.15, 0.2) is 37.5 Å². The SMILES string of the molecule is C=CCC(O)(CC=C)C(=C)CC(=O)O. The number of rotatable bonds is 7. The van der Waals surface area contributed by atoms with Gasteiger partial charge in [-0.3, -0.25) is 4.79 Å². The number of carboxylic acids is 1. The summed E-state index contributed by atoms with van der Waals surface area (Å²) in [6.07, 6.45) is 3.40. The van der Waals surface area contributed by atoms with E-state index in [1.807, 2.05) is 0 Å². The standard InChI is InChI=1S/C11H16O3/c1-4-6-11(14,7-5-2)9(3)8-10(12)13/h4-5,14H,1-3,6-8H2,(H,12,13). The molecule has 0 aromatic carbocycles. The number of aliphatic hydroxyl groups is 1. The first-order valence-electron chi connectivity index (χ1n) is 4.30. The van der Waals surface area contributed by atoms with Crippen LogP contribution in [0.25, 0.3) is 0 Å². The molecular weight excluding hydrogens is 180 g/mol. The first-order valence-corrected chi connectivity index (χ1v) is 4.30. The third-order valence-electron chi connectivity index (χ3n) is 1.99. The van der Waals surface area contributed by atoms with Gasteiger partial charge < -0.3 is 10.2 Å². The maximum Gasteiger partial charge on any atom is 0.307 e. The Morgan fingerprint density at radius 1 is 1.29 bits per heavy atom. The van der Waals surface area contributed by atoms with E-state index in [1.165, 1.54) is 12.2 Å². The van der Waals surface area contributed by atoms with Crippen molar-refractivity contribution in [2.45, 2.75) is 24.9 Å². The van der Waals surface area contributed by atoms with Crippen molar-refractivity contribution >= 4 is 5.97 Å². The van der Waals surface area contributed by atoms with Crippen molar-refractivity contribution < 1.29 is 15.0 Å². The van der Waals surface area contributed by atoms with E-state index in [2.05, 4.69) is 19.7 Å². The summed E-state index contributed by atoms with van der Waals surface area (Å²) in [6.45, 7) is 10.6. The lowest BCUT2D eigenvalue weighted by Crippen LogP contribution is -2.30. The summed E-state index contributed by atoms with van der Waals surface area (Å²) >= 11 is 0. The normalized spacial score (nSPS) is 10.6. The minimum Gasteiger partial charge on any atom is -0.481 e. The van der Waals surface area contributed by atoms with E-state index in [0.717, 1.165) is 0 Å². The number of aliphatic carboxylic acids is 1. The molecule has 2 N–H and O–H groups in total. The van der Waals surface area contributed by atoms with Crippen LogP contribution in [-0.4, -0.2) is 21.8 Å². The van der Waals surface area contributed by atoms with E-state index in [-0.39, 0.29) is 24.8 Å². The van der Waals surface area contributed by atoms with Crippen molar-refractivity contribution in [2.24, 2.45) is 0 Å². The van der Waals surface area contributed by atoms with E-state index in [4.69, 9.17) is 5.11 Å². The van der Waals surface area contributed by atoms with Crippen molar-refractivity contribution in [3.05, 3.63) is 37.5 Å². The smallest absolute Gasteiger partial charge is 0.307 e. The second-order valence-electron chi connectivity index (χ2n) is 3.19. The molecule has 3 heteroatoms. The maximum absolute atomic E-state index is 10.4. The molecule has 3 nitrogen and oxygen atoms in total. The molecule has 0 aromatic heterocycles. The molecule has 0 heterocycles. The molecule has 0 aromatic rings. The van der Waals surface area contributed by atoms with Crippen LogP contribution in [0.4, 0.5) is 0 Å². The van der Waals surface area contributed by atoms with E-state index < -0.39 is 11.6 Å². The predicted molar refractivity (Wildman–Crippen MR) is 56.0 cm³/mol. The zero-order valence-electron chi connectivity index (χ0n) is 8.20. The van der Waals surface area contributed by atoms with Crippen LogP contribution in [0.2, 0.25) is 0 Å². The molecule has 0 spiro atoms. The second kappa shape index (κ2) is 5.40. The van der Waals surface area contributed by atoms with E-state index in [9.17, 15) is 9.90 Å². The lowest BCUT2D eigenvalue weighted by molar-refractivity contribution is -0.136. The van der Waals surface area contributed by atoms with Gasteiger partial charge in [0.15, 0.2) is 0 Å². The first-order chi connectivity index (χ1) is 6.46. The van der Waals surface area contributed by atoms with Crippen LogP contribution in [0, 0.1) is 0 Å². The lowest BCUT2D eigenvalue weighted by Gasteiger charge is -2.27. The molecule has 0 fully saturated rings. The number of carboxylic acid groups (broad SMARTS) is 1. The zero-order valence-corrected chi connectivity index (χ0v) is 8.20. The highest BCUT2D eigenvalue weighted by molar-refractivity contribution is 5.70. The van der Waals surface area contributed by atoms with Gasteiger partial charge in [0.25, 0.3) is 0 Å². The average Bonchev–Trinajstić information content (AvgIpc) is 2.03. The third-order valence-corrected chi connectivity index (χ3v) is 1.99. The third kappa shape index (κ3) is 3.58. The molecule has 0 aliphatic heterocycles. The number of hydrogen-bond acceptors (Lipinski definition) is 2. The van der Waals surface area contributed by atoms with Gasteiger partial charge in [-0.1, -0.05) is 18.7 Å². The largest absolute Gasteiger partial charge is 0.481 e. The molecule has 0 bridgehead atoms. The lowest BCUT2D eigenvalue weighted by atomic mass is 9.86. The molecule has 0 aliphatic carbocycles. The van der Waals surface area contributed by atoms with Gasteiger partial charge in [-0.05, 0) is 18.4 Å². The summed E-state index contributed by atoms with van der Waals surface area (Å²) < 4.78 is 0. The Morgan fingerprint density at radius 3 is 2.00 bits per heavy atom. The van der Waals surface area contributed by atoms with Crippen molar-refractivity contribution in [1.29, 1.82) is 0 Å². The molecule has 0 amide bonds. The van der Waals surface area contributed by atoms with Gasteiger partial charge in [-0.15, -0.1) is 13.2 Å². The van der Waals surface area contributed by atoms with Crippen LogP contribution in [0.1, 0.15) is 19.3 Å². The molecule has 0 saturated heterocycles. The summed E-state index contributed by atoms with van der Waals surface area (Å²) in [7, 11) is 0. The summed E-state index contributed by atoms with van der Waals surface area (Å²) in [5.41, 5.74) is -0.938. The van der Waals surface area contributed by atoms with Crippen LogP contribution >= 0.6 is 0 Å². The Bertz CT molecular complexity index is 243. The average molecular weight is 196 g/mol. The van der Waals surface area contributed by atoms with Crippen LogP contribution in [0.3, 0.4) is 0 Å². The van der Waals surface area contributed by atoms with Gasteiger partial charge >= 0.3 is 5.97 Å². The molecule has 14 heavy (non-hydrogen) atoms. The quantitative estimate of drug-likeness (QED) is 0.611. The van der Waals surface area contributed by atoms with E-state index >= 15 is 0 Å². The monoisotopic (exact) mass is 196 g/mol. The number of carbonyl (C=O) groups is 1. The summed E-state index contributed by atoms with van der Waals surface area (Å²) in [4.78, 5) is 10.4. The predicted octanol–water partition coefficient (Wildman–Crippen LogP) is 1.90. The summed E-state index contributed by atoms with van der Waals surface area (Å²) in [6, 6.07) is 0. The highest BCUT2D eigenvalue weighted by Crippen LogP contribution is 2.27. The highest BCUT2D eigenvalue weighted by Gasteiger charge is 2.28. The minimum atomic E-state index is -1.22. The zero-order chi connectivity index (χ0) is 11.2. The molecule has 0 atom stereocenters. The Hall–Kier alpha value is -1.35. The van der Waals surface area contributed by atoms with E-state index in [0.29, 0.717) is 0 Å². The van der Waals surface area contributed by atoms with Crippen LogP contribution in [-0.2, 0) is 4.79 Å². The Balaban J connectivity index is 4.61. The van der Waals surface area contributed by atoms with Gasteiger partial charge in [0, 0.05) is 0 Å². The highest BCUT2D eigenvalue weighted by atomic mass is 16.4. The number of hydrogen-bond donors (Lipinski definition) is 2. The fraction of sp³-hybridized carbons (Fsp3) is 0.364. The van der Waals surface area contributed by atoms with Crippen molar-refractivity contribution in [3.63, 3.8) is 0 Å². The van der Waals surface area contributed by atoms with E-state index in [1.54, 1.807) is 0 Å². The molecule has 0 radical (unpaired) electrons. The fourth-order valence-corrected chi connectivity index (χ4v) is 1.20. The molecule has 78 valence electrons. The Labute approximate surface area is 84.1 Å². The van der Waals surface area contributed by atoms with Gasteiger partial charge in [0.05, 0.1) is 12.0 Å². The fourth-order valence-electron chi connectivity index (χ4n) is 1.20. The molecule has 0 rings (SSSR count). The minimum absolute atomic E-state index is 0.238. The van der Waals surface area contributed by atoms with Gasteiger partial charge in [-0.2, -0.15) is 0 Å². The van der Waals surface area contributed by atoms with Crippen LogP contribution < -0.4 is 0 Å². The Kier molecular flexibility index (Phi) is 4.87. The van der Waals surface area contributed by atoms with Crippen molar-refractivity contribution in [1.82, 2.24) is 0 Å². The van der Waals surface area contributed by atoms with Crippen molar-refractivity contribution in [2.75, 3.05) is 0 Å². The first kappa shape index (κ1) is 12.7. The van der Waals surface area contributed by atoms with Gasteiger partial charge in [-0.25, -0.2) is 0 Å². The second-order valence-corrected chi connectivity index (χ2v) is 3.19. The maximum atomic E-state index is 10.4. The Morgan fingerprint density at radius 2 is 1.71 bits per heavy atom. The van der Waals surface area contributed by atoms with Crippen LogP contribution in [0.5, 0.6) is 0 Å². The topological polar surface area (TPSA) is 57.5 Å².